The lowest BCUT2D eigenvalue weighted by atomic mass is 10.0. The summed E-state index contributed by atoms with van der Waals surface area (Å²) in [6, 6.07) is 18.0. The Morgan fingerprint density at radius 3 is 1.95 bits per heavy atom. The second-order valence-corrected chi connectivity index (χ2v) is 5.18. The maximum absolute atomic E-state index is 9.65. The molecule has 19 heavy (non-hydrogen) atoms. The van der Waals surface area contributed by atoms with Crippen molar-refractivity contribution < 1.29 is 13.9 Å². The Morgan fingerprint density at radius 1 is 0.895 bits per heavy atom. The summed E-state index contributed by atoms with van der Waals surface area (Å²) in [6.07, 6.45) is 0. The van der Waals surface area contributed by atoms with Crippen LogP contribution in [0.25, 0.3) is 21.5 Å². The summed E-state index contributed by atoms with van der Waals surface area (Å²) in [6.45, 7) is 0. The fraction of sp³-hybridized carbons (Fsp3) is 0.0667. The predicted molar refractivity (Wildman–Crippen MR) is 78.2 cm³/mol. The standard InChI is InChI=1S/C15H13O3P/c1-17-19(16)18-15-13-8-4-2-6-11(13)10-12-7-3-5-9-14(12)15/h2-10,16H,1H3. The first-order chi connectivity index (χ1) is 9.29. The zero-order valence-electron chi connectivity index (χ0n) is 10.4. The molecule has 3 aromatic rings. The van der Waals surface area contributed by atoms with Gasteiger partial charge in [0.25, 0.3) is 0 Å². The monoisotopic (exact) mass is 272 g/mol. The first-order valence-corrected chi connectivity index (χ1v) is 7.04. The van der Waals surface area contributed by atoms with Gasteiger partial charge in [-0.05, 0) is 16.8 Å². The first-order valence-electron chi connectivity index (χ1n) is 5.91. The van der Waals surface area contributed by atoms with E-state index < -0.39 is 8.60 Å². The van der Waals surface area contributed by atoms with Crippen molar-refractivity contribution in [1.29, 1.82) is 0 Å². The van der Waals surface area contributed by atoms with Gasteiger partial charge in [-0.15, -0.1) is 0 Å². The second kappa shape index (κ2) is 5.14. The van der Waals surface area contributed by atoms with E-state index in [1.165, 1.54) is 7.11 Å². The zero-order valence-corrected chi connectivity index (χ0v) is 11.3. The molecule has 0 aliphatic carbocycles. The molecular weight excluding hydrogens is 259 g/mol. The van der Waals surface area contributed by atoms with E-state index in [-0.39, 0.29) is 0 Å². The highest BCUT2D eigenvalue weighted by Gasteiger charge is 2.13. The highest BCUT2D eigenvalue weighted by Crippen LogP contribution is 2.42. The molecule has 1 atom stereocenters. The van der Waals surface area contributed by atoms with Crippen LogP contribution in [0, 0.1) is 0 Å². The van der Waals surface area contributed by atoms with Crippen LogP contribution in [0.5, 0.6) is 5.75 Å². The third-order valence-electron chi connectivity index (χ3n) is 3.05. The Labute approximate surface area is 112 Å². The maximum atomic E-state index is 9.65. The van der Waals surface area contributed by atoms with Crippen LogP contribution in [0.15, 0.2) is 54.6 Å². The molecule has 0 aromatic heterocycles. The molecule has 0 bridgehead atoms. The Bertz CT molecular complexity index is 673. The normalized spacial score (nSPS) is 12.7. The SMILES string of the molecule is COP(O)Oc1c2ccccc2cc2ccccc12. The van der Waals surface area contributed by atoms with Crippen LogP contribution in [0.3, 0.4) is 0 Å². The molecule has 96 valence electrons. The molecule has 0 spiro atoms. The zero-order chi connectivity index (χ0) is 13.2. The van der Waals surface area contributed by atoms with Gasteiger partial charge in [0.05, 0.1) is 0 Å². The lowest BCUT2D eigenvalue weighted by molar-refractivity contribution is 0.319. The topological polar surface area (TPSA) is 38.7 Å². The smallest absolute Gasteiger partial charge is 0.394 e. The Hall–Kier alpha value is -1.67. The van der Waals surface area contributed by atoms with Crippen molar-refractivity contribution in [3.8, 4) is 5.75 Å². The number of hydrogen-bond donors (Lipinski definition) is 1. The van der Waals surface area contributed by atoms with Gasteiger partial charge in [0.1, 0.15) is 5.75 Å². The molecular formula is C15H13O3P. The molecule has 0 amide bonds. The third kappa shape index (κ3) is 2.28. The van der Waals surface area contributed by atoms with E-state index >= 15 is 0 Å². The summed E-state index contributed by atoms with van der Waals surface area (Å²) < 4.78 is 10.4. The average molecular weight is 272 g/mol. The van der Waals surface area contributed by atoms with Gasteiger partial charge in [0.15, 0.2) is 0 Å². The van der Waals surface area contributed by atoms with Crippen molar-refractivity contribution in [3.05, 3.63) is 54.6 Å². The second-order valence-electron chi connectivity index (χ2n) is 4.16. The molecule has 0 radical (unpaired) electrons. The van der Waals surface area contributed by atoms with Gasteiger partial charge in [-0.25, -0.2) is 0 Å². The molecule has 0 heterocycles. The molecule has 1 N–H and O–H groups in total. The molecule has 3 nitrogen and oxygen atoms in total. The minimum Gasteiger partial charge on any atom is -0.426 e. The van der Waals surface area contributed by atoms with Crippen molar-refractivity contribution in [1.82, 2.24) is 0 Å². The molecule has 0 saturated carbocycles. The van der Waals surface area contributed by atoms with Crippen molar-refractivity contribution in [2.45, 2.75) is 0 Å². The summed E-state index contributed by atoms with van der Waals surface area (Å²) >= 11 is 0. The minimum atomic E-state index is -1.90. The lowest BCUT2D eigenvalue weighted by Crippen LogP contribution is -1.91. The van der Waals surface area contributed by atoms with Gasteiger partial charge in [-0.3, -0.25) is 0 Å². The molecule has 3 aromatic carbocycles. The molecule has 0 fully saturated rings. The van der Waals surface area contributed by atoms with Crippen LogP contribution in [0.4, 0.5) is 0 Å². The Morgan fingerprint density at radius 2 is 1.42 bits per heavy atom. The van der Waals surface area contributed by atoms with E-state index in [4.69, 9.17) is 9.05 Å². The third-order valence-corrected chi connectivity index (χ3v) is 3.70. The van der Waals surface area contributed by atoms with Crippen LogP contribution in [0.2, 0.25) is 0 Å². The quantitative estimate of drug-likeness (QED) is 0.572. The number of fused-ring (bicyclic) bond motifs is 2. The Kier molecular flexibility index (Phi) is 3.34. The van der Waals surface area contributed by atoms with Gasteiger partial charge < -0.3 is 13.9 Å². The van der Waals surface area contributed by atoms with E-state index in [2.05, 4.69) is 6.07 Å². The van der Waals surface area contributed by atoms with Crippen molar-refractivity contribution in [2.24, 2.45) is 0 Å². The highest BCUT2D eigenvalue weighted by molar-refractivity contribution is 7.41. The van der Waals surface area contributed by atoms with Gasteiger partial charge >= 0.3 is 8.60 Å². The predicted octanol–water partition coefficient (Wildman–Crippen LogP) is 4.24. The van der Waals surface area contributed by atoms with Crippen LogP contribution < -0.4 is 4.52 Å². The van der Waals surface area contributed by atoms with Crippen molar-refractivity contribution in [3.63, 3.8) is 0 Å². The number of hydrogen-bond acceptors (Lipinski definition) is 3. The molecule has 1 unspecified atom stereocenters. The summed E-state index contributed by atoms with van der Waals surface area (Å²) in [5.74, 6) is 0.671. The van der Waals surface area contributed by atoms with E-state index in [1.807, 2.05) is 48.5 Å². The summed E-state index contributed by atoms with van der Waals surface area (Å²) in [4.78, 5) is 9.65. The van der Waals surface area contributed by atoms with E-state index in [1.54, 1.807) is 0 Å². The lowest BCUT2D eigenvalue weighted by Gasteiger charge is -2.14. The maximum Gasteiger partial charge on any atom is 0.394 e. The van der Waals surface area contributed by atoms with Gasteiger partial charge in [0.2, 0.25) is 0 Å². The summed E-state index contributed by atoms with van der Waals surface area (Å²) in [7, 11) is -0.471. The fourth-order valence-corrected chi connectivity index (χ4v) is 2.61. The summed E-state index contributed by atoms with van der Waals surface area (Å²) in [5, 5.41) is 4.10. The first kappa shape index (κ1) is 12.4. The largest absolute Gasteiger partial charge is 0.426 e. The molecule has 0 aliphatic heterocycles. The number of rotatable bonds is 3. The van der Waals surface area contributed by atoms with Gasteiger partial charge in [0, 0.05) is 17.9 Å². The molecule has 4 heteroatoms. The van der Waals surface area contributed by atoms with Gasteiger partial charge in [-0.2, -0.15) is 0 Å². The Balaban J connectivity index is 2.33. The van der Waals surface area contributed by atoms with E-state index in [0.29, 0.717) is 5.75 Å². The minimum absolute atomic E-state index is 0.671. The summed E-state index contributed by atoms with van der Waals surface area (Å²) in [5.41, 5.74) is 0. The van der Waals surface area contributed by atoms with Gasteiger partial charge in [-0.1, -0.05) is 48.5 Å². The molecule has 0 aliphatic rings. The van der Waals surface area contributed by atoms with E-state index in [9.17, 15) is 4.89 Å². The van der Waals surface area contributed by atoms with Crippen molar-refractivity contribution >= 4 is 30.1 Å². The number of benzene rings is 3. The van der Waals surface area contributed by atoms with Crippen LogP contribution in [0.1, 0.15) is 0 Å². The van der Waals surface area contributed by atoms with Crippen LogP contribution in [-0.2, 0) is 4.52 Å². The fourth-order valence-electron chi connectivity index (χ4n) is 2.19. The molecule has 3 rings (SSSR count). The van der Waals surface area contributed by atoms with Crippen LogP contribution in [-0.4, -0.2) is 12.0 Å². The van der Waals surface area contributed by atoms with Crippen LogP contribution >= 0.6 is 8.60 Å². The van der Waals surface area contributed by atoms with Crippen molar-refractivity contribution in [2.75, 3.05) is 7.11 Å². The highest BCUT2D eigenvalue weighted by atomic mass is 31.2. The average Bonchev–Trinajstić information content (AvgIpc) is 2.46. The van der Waals surface area contributed by atoms with E-state index in [0.717, 1.165) is 21.5 Å². The molecule has 0 saturated heterocycles.